The maximum atomic E-state index is 11.2. The van der Waals surface area contributed by atoms with Crippen molar-refractivity contribution in [3.63, 3.8) is 0 Å². The van der Waals surface area contributed by atoms with Crippen LogP contribution >= 0.6 is 0 Å². The van der Waals surface area contributed by atoms with Crippen molar-refractivity contribution in [1.29, 1.82) is 0 Å². The van der Waals surface area contributed by atoms with E-state index in [9.17, 15) is 4.79 Å². The third kappa shape index (κ3) is 1.67. The Kier molecular flexibility index (Phi) is 2.41. The van der Waals surface area contributed by atoms with Gasteiger partial charge in [0.15, 0.2) is 5.78 Å². The van der Waals surface area contributed by atoms with E-state index in [1.807, 2.05) is 18.4 Å². The van der Waals surface area contributed by atoms with E-state index in [1.54, 1.807) is 18.7 Å². The highest BCUT2D eigenvalue weighted by Gasteiger charge is 2.10. The largest absolute Gasteiger partial charge is 0.327 e. The van der Waals surface area contributed by atoms with Gasteiger partial charge in [-0.1, -0.05) is 6.92 Å². The fraction of sp³-hybridized carbons (Fsp3) is 0.500. The van der Waals surface area contributed by atoms with Crippen LogP contribution in [-0.2, 0) is 4.79 Å². The smallest absolute Gasteiger partial charge is 0.155 e. The molecule has 0 amide bonds. The van der Waals surface area contributed by atoms with Crippen LogP contribution in [0.15, 0.2) is 18.7 Å². The Balaban J connectivity index is 2.70. The molecule has 1 atom stereocenters. The molecule has 1 heterocycles. The van der Waals surface area contributed by atoms with E-state index in [1.165, 1.54) is 0 Å². The molecule has 0 saturated heterocycles. The summed E-state index contributed by atoms with van der Waals surface area (Å²) < 4.78 is 1.81. The van der Waals surface area contributed by atoms with Gasteiger partial charge in [0.2, 0.25) is 0 Å². The molecule has 0 aliphatic heterocycles. The predicted molar refractivity (Wildman–Crippen MR) is 42.2 cm³/mol. The summed E-state index contributed by atoms with van der Waals surface area (Å²) in [5.74, 6) is 0.239. The Labute approximate surface area is 66.1 Å². The number of aromatic nitrogens is 2. The number of nitrogens with zero attached hydrogens (tertiary/aromatic N) is 2. The second-order valence-electron chi connectivity index (χ2n) is 2.51. The molecule has 1 rings (SSSR count). The maximum absolute atomic E-state index is 11.2. The van der Waals surface area contributed by atoms with Crippen molar-refractivity contribution in [2.24, 2.45) is 0 Å². The van der Waals surface area contributed by atoms with Gasteiger partial charge in [0, 0.05) is 18.8 Å². The second kappa shape index (κ2) is 3.32. The Morgan fingerprint density at radius 2 is 2.45 bits per heavy atom. The van der Waals surface area contributed by atoms with Crippen LogP contribution in [0.4, 0.5) is 0 Å². The number of imidazole rings is 1. The molecular formula is C8H12N2O. The molecule has 0 N–H and O–H groups in total. The van der Waals surface area contributed by atoms with Crippen molar-refractivity contribution in [1.82, 2.24) is 9.55 Å². The molecule has 0 aliphatic rings. The van der Waals surface area contributed by atoms with Gasteiger partial charge in [0.25, 0.3) is 0 Å². The van der Waals surface area contributed by atoms with E-state index in [0.717, 1.165) is 0 Å². The van der Waals surface area contributed by atoms with Gasteiger partial charge >= 0.3 is 0 Å². The molecule has 0 fully saturated rings. The van der Waals surface area contributed by atoms with Crippen LogP contribution in [0, 0.1) is 0 Å². The number of ketones is 1. The van der Waals surface area contributed by atoms with Crippen LogP contribution in [0.1, 0.15) is 26.3 Å². The van der Waals surface area contributed by atoms with Crippen LogP contribution in [0.2, 0.25) is 0 Å². The molecule has 0 spiro atoms. The Morgan fingerprint density at radius 1 is 1.73 bits per heavy atom. The first kappa shape index (κ1) is 7.98. The standard InChI is InChI=1S/C8H12N2O/c1-3-8(11)7(2)10-5-4-9-6-10/h4-7H,3H2,1-2H3. The monoisotopic (exact) mass is 152 g/mol. The molecular weight excluding hydrogens is 140 g/mol. The van der Waals surface area contributed by atoms with Crippen molar-refractivity contribution in [3.8, 4) is 0 Å². The van der Waals surface area contributed by atoms with Crippen molar-refractivity contribution in [3.05, 3.63) is 18.7 Å². The van der Waals surface area contributed by atoms with Crippen LogP contribution in [0.25, 0.3) is 0 Å². The summed E-state index contributed by atoms with van der Waals surface area (Å²) in [6, 6.07) is -0.0671. The Morgan fingerprint density at radius 3 is 2.91 bits per heavy atom. The first-order valence-electron chi connectivity index (χ1n) is 3.76. The van der Waals surface area contributed by atoms with Gasteiger partial charge in [-0.3, -0.25) is 4.79 Å². The quantitative estimate of drug-likeness (QED) is 0.656. The van der Waals surface area contributed by atoms with Gasteiger partial charge in [-0.25, -0.2) is 4.98 Å². The number of carbonyl (C=O) groups is 1. The third-order valence-corrected chi connectivity index (χ3v) is 1.79. The lowest BCUT2D eigenvalue weighted by Crippen LogP contribution is -2.13. The maximum Gasteiger partial charge on any atom is 0.155 e. The lowest BCUT2D eigenvalue weighted by atomic mass is 10.2. The zero-order chi connectivity index (χ0) is 8.27. The van der Waals surface area contributed by atoms with E-state index in [-0.39, 0.29) is 11.8 Å². The summed E-state index contributed by atoms with van der Waals surface area (Å²) in [6.07, 6.45) is 5.73. The topological polar surface area (TPSA) is 34.9 Å². The zero-order valence-electron chi connectivity index (χ0n) is 6.82. The molecule has 1 aromatic heterocycles. The molecule has 0 aliphatic carbocycles. The summed E-state index contributed by atoms with van der Waals surface area (Å²) in [5, 5.41) is 0. The van der Waals surface area contributed by atoms with Crippen molar-refractivity contribution >= 4 is 5.78 Å². The van der Waals surface area contributed by atoms with E-state index < -0.39 is 0 Å². The highest BCUT2D eigenvalue weighted by molar-refractivity contribution is 5.81. The minimum atomic E-state index is -0.0671. The van der Waals surface area contributed by atoms with Gasteiger partial charge in [-0.2, -0.15) is 0 Å². The number of rotatable bonds is 3. The number of carbonyl (C=O) groups excluding carboxylic acids is 1. The summed E-state index contributed by atoms with van der Waals surface area (Å²) in [7, 11) is 0. The first-order valence-corrected chi connectivity index (χ1v) is 3.76. The Hall–Kier alpha value is -1.12. The summed E-state index contributed by atoms with van der Waals surface area (Å²) in [6.45, 7) is 3.75. The van der Waals surface area contributed by atoms with Crippen molar-refractivity contribution in [2.75, 3.05) is 0 Å². The number of hydrogen-bond donors (Lipinski definition) is 0. The highest BCUT2D eigenvalue weighted by atomic mass is 16.1. The van der Waals surface area contributed by atoms with Gasteiger partial charge in [0.05, 0.1) is 12.4 Å². The molecule has 0 aromatic carbocycles. The highest BCUT2D eigenvalue weighted by Crippen LogP contribution is 2.07. The SMILES string of the molecule is CCC(=O)C(C)n1ccnc1. The molecule has 60 valence electrons. The van der Waals surface area contributed by atoms with E-state index in [2.05, 4.69) is 4.98 Å². The van der Waals surface area contributed by atoms with Crippen molar-refractivity contribution < 1.29 is 4.79 Å². The second-order valence-corrected chi connectivity index (χ2v) is 2.51. The normalized spacial score (nSPS) is 12.9. The average Bonchev–Trinajstić information content (AvgIpc) is 2.53. The lowest BCUT2D eigenvalue weighted by Gasteiger charge is -2.09. The molecule has 1 aromatic rings. The van der Waals surface area contributed by atoms with Crippen LogP contribution in [0.5, 0.6) is 0 Å². The third-order valence-electron chi connectivity index (χ3n) is 1.79. The number of Topliss-reactive ketones (excluding diaryl/α,β-unsaturated/α-hetero) is 1. The molecule has 3 heteroatoms. The molecule has 3 nitrogen and oxygen atoms in total. The summed E-state index contributed by atoms with van der Waals surface area (Å²) >= 11 is 0. The summed E-state index contributed by atoms with van der Waals surface area (Å²) in [5.41, 5.74) is 0. The van der Waals surface area contributed by atoms with Gasteiger partial charge in [0.1, 0.15) is 0 Å². The lowest BCUT2D eigenvalue weighted by molar-refractivity contribution is -0.121. The molecule has 11 heavy (non-hydrogen) atoms. The van der Waals surface area contributed by atoms with Crippen LogP contribution in [0.3, 0.4) is 0 Å². The van der Waals surface area contributed by atoms with Gasteiger partial charge in [-0.05, 0) is 6.92 Å². The minimum Gasteiger partial charge on any atom is -0.327 e. The summed E-state index contributed by atoms with van der Waals surface area (Å²) in [4.78, 5) is 15.0. The fourth-order valence-electron chi connectivity index (χ4n) is 0.960. The van der Waals surface area contributed by atoms with Crippen molar-refractivity contribution in [2.45, 2.75) is 26.3 Å². The Bertz CT molecular complexity index is 228. The fourth-order valence-corrected chi connectivity index (χ4v) is 0.960. The molecule has 0 bridgehead atoms. The molecule has 0 radical (unpaired) electrons. The van der Waals surface area contributed by atoms with Gasteiger partial charge < -0.3 is 4.57 Å². The average molecular weight is 152 g/mol. The predicted octanol–water partition coefficient (Wildman–Crippen LogP) is 1.42. The van der Waals surface area contributed by atoms with E-state index >= 15 is 0 Å². The minimum absolute atomic E-state index is 0.0671. The van der Waals surface area contributed by atoms with Crippen LogP contribution < -0.4 is 0 Å². The first-order chi connectivity index (χ1) is 5.25. The van der Waals surface area contributed by atoms with Gasteiger partial charge in [-0.15, -0.1) is 0 Å². The molecule has 0 saturated carbocycles. The number of hydrogen-bond acceptors (Lipinski definition) is 2. The zero-order valence-corrected chi connectivity index (χ0v) is 6.82. The van der Waals surface area contributed by atoms with E-state index in [0.29, 0.717) is 6.42 Å². The van der Waals surface area contributed by atoms with Crippen LogP contribution in [-0.4, -0.2) is 15.3 Å². The molecule has 1 unspecified atom stereocenters. The van der Waals surface area contributed by atoms with E-state index in [4.69, 9.17) is 0 Å².